The lowest BCUT2D eigenvalue weighted by molar-refractivity contribution is -0.384. The summed E-state index contributed by atoms with van der Waals surface area (Å²) in [7, 11) is 0. The first kappa shape index (κ1) is 78.7. The Hall–Kier alpha value is -10.9. The van der Waals surface area contributed by atoms with Crippen LogP contribution in [0.15, 0.2) is 119 Å². The number of anilines is 3. The highest BCUT2D eigenvalue weighted by molar-refractivity contribution is 8.05. The summed E-state index contributed by atoms with van der Waals surface area (Å²) in [5.74, 6) is -7.92. The number of carbonyl (C=O) groups excluding carboxylic acids is 6. The summed E-state index contributed by atoms with van der Waals surface area (Å²) in [5.41, 5.74) is 18.6. The summed E-state index contributed by atoms with van der Waals surface area (Å²) in [6.07, 6.45) is 5.54. The van der Waals surface area contributed by atoms with E-state index < -0.39 is 121 Å². The van der Waals surface area contributed by atoms with Gasteiger partial charge in [-0.2, -0.15) is 0 Å². The molecule has 7 aromatic heterocycles. The smallest absolute Gasteiger partial charge is 0.353 e. The van der Waals surface area contributed by atoms with Crippen molar-refractivity contribution in [3.05, 3.63) is 117 Å². The van der Waals surface area contributed by atoms with Gasteiger partial charge in [0.15, 0.2) is 45.5 Å². The van der Waals surface area contributed by atoms with Gasteiger partial charge in [0.2, 0.25) is 0 Å². The quantitative estimate of drug-likeness (QED) is 0.00980. The number of alkyl halides is 3. The highest BCUT2D eigenvalue weighted by atomic mass is 32.2. The first-order chi connectivity index (χ1) is 52.9. The summed E-state index contributed by atoms with van der Waals surface area (Å²) in [4.78, 5) is 169. The molecule has 8 aromatic rings. The molecule has 0 radical (unpaired) electrons. The van der Waals surface area contributed by atoms with Gasteiger partial charge in [0.25, 0.3) is 41.1 Å². The monoisotopic (exact) mass is 1680 g/mol. The number of nitrogens with one attached hydrogen (secondary N) is 3. The number of carboxylic acids is 3. The molecule has 3 saturated heterocycles. The Bertz CT molecular complexity index is 5150. The number of nitrogens with two attached hydrogens (primary N) is 3. The molecule has 574 valence electrons. The molecule has 14 rings (SSSR count). The number of fused-ring (bicyclic) bond motifs is 5. The van der Waals surface area contributed by atoms with Crippen LogP contribution >= 0.6 is 103 Å². The predicted molar refractivity (Wildman–Crippen MR) is 396 cm³/mol. The van der Waals surface area contributed by atoms with E-state index in [0.717, 1.165) is 67.1 Å². The van der Waals surface area contributed by atoms with E-state index in [2.05, 4.69) is 71.5 Å². The Morgan fingerprint density at radius 1 is 0.564 bits per heavy atom. The minimum Gasteiger partial charge on any atom is -0.477 e. The van der Waals surface area contributed by atoms with Crippen molar-refractivity contribution in [2.45, 2.75) is 87.8 Å². The molecule has 110 heavy (non-hydrogen) atoms. The number of aliphatic carboxylic acids is 3. The normalized spacial score (nSPS) is 19.5. The van der Waals surface area contributed by atoms with E-state index in [0.29, 0.717) is 75.6 Å². The van der Waals surface area contributed by atoms with Gasteiger partial charge < -0.3 is 63.0 Å². The first-order valence-corrected chi connectivity index (χ1v) is 39.3. The number of carbonyl (C=O) groups is 9. The third kappa shape index (κ3) is 17.1. The molecule has 12 N–H and O–H groups in total. The Balaban J connectivity index is 0.000000154. The maximum atomic E-state index is 13.1. The van der Waals surface area contributed by atoms with Crippen molar-refractivity contribution < 1.29 is 91.1 Å². The van der Waals surface area contributed by atoms with Crippen LogP contribution in [0.2, 0.25) is 0 Å². The summed E-state index contributed by atoms with van der Waals surface area (Å²) in [5, 5.41) is 71.9. The number of amides is 6. The Labute approximate surface area is 650 Å². The zero-order chi connectivity index (χ0) is 78.2. The lowest BCUT2D eigenvalue weighted by Crippen LogP contribution is -2.72. The fraction of sp³-hybridized carbons (Fsp3) is 0.300. The Kier molecular flexibility index (Phi) is 24.9. The molecule has 6 aliphatic rings. The van der Waals surface area contributed by atoms with Crippen molar-refractivity contribution in [1.82, 2.24) is 70.8 Å². The van der Waals surface area contributed by atoms with Gasteiger partial charge >= 0.3 is 17.9 Å². The topological polar surface area (TPSA) is 549 Å². The van der Waals surface area contributed by atoms with E-state index in [9.17, 15) is 81.8 Å². The number of hydrogen-bond donors (Lipinski definition) is 9. The van der Waals surface area contributed by atoms with E-state index in [4.69, 9.17) is 31.7 Å². The first-order valence-electron chi connectivity index (χ1n) is 31.7. The number of nitrogen functional groups attached to an aromatic ring is 3. The number of halogens is 3. The van der Waals surface area contributed by atoms with Gasteiger partial charge in [-0.3, -0.25) is 58.6 Å². The minimum atomic E-state index is -1.32. The number of thiazole rings is 5. The number of nitro groups is 1. The summed E-state index contributed by atoms with van der Waals surface area (Å²) < 4.78 is 40.5. The zero-order valence-electron chi connectivity index (χ0n) is 55.5. The molecular weight excluding hydrogens is 1630 g/mol. The van der Waals surface area contributed by atoms with Crippen molar-refractivity contribution in [2.75, 3.05) is 57.0 Å². The number of nitro benzene ring substituents is 1. The van der Waals surface area contributed by atoms with Crippen LogP contribution in [-0.2, 0) is 57.7 Å². The van der Waals surface area contributed by atoms with E-state index >= 15 is 0 Å². The lowest BCUT2D eigenvalue weighted by Gasteiger charge is -2.50. The second-order valence-electron chi connectivity index (χ2n) is 22.8. The zero-order valence-corrected chi connectivity index (χ0v) is 62.9. The predicted octanol–water partition coefficient (Wildman–Crippen LogP) is 5.35. The van der Waals surface area contributed by atoms with Crippen molar-refractivity contribution in [1.29, 1.82) is 0 Å². The molecule has 3 unspecified atom stereocenters. The molecule has 6 aliphatic heterocycles. The number of rotatable bonds is 28. The van der Waals surface area contributed by atoms with Gasteiger partial charge in [-0.05, 0) is 50.7 Å². The van der Waals surface area contributed by atoms with E-state index in [1.165, 1.54) is 95.4 Å². The number of pyridine rings is 1. The van der Waals surface area contributed by atoms with Gasteiger partial charge in [-0.15, -0.1) is 66.9 Å². The maximum absolute atomic E-state index is 13.1. The Morgan fingerprint density at radius 3 is 1.30 bits per heavy atom. The summed E-state index contributed by atoms with van der Waals surface area (Å²) >= 11 is 10.5. The van der Waals surface area contributed by atoms with Gasteiger partial charge in [0, 0.05) is 49.2 Å². The molecule has 1 aromatic carbocycles. The number of nitrogens with zero attached hydrogens (tertiary/aromatic N) is 15. The number of oxime groups is 3. The average Bonchev–Trinajstić information content (AvgIpc) is 0.904. The largest absolute Gasteiger partial charge is 0.477 e. The molecule has 0 bridgehead atoms. The van der Waals surface area contributed by atoms with Crippen LogP contribution in [0.1, 0.15) is 55.6 Å². The fourth-order valence-corrected chi connectivity index (χ4v) is 19.6. The number of aromatic nitrogens is 8. The van der Waals surface area contributed by atoms with Gasteiger partial charge in [-0.25, -0.2) is 52.5 Å². The molecule has 3 fully saturated rings. The van der Waals surface area contributed by atoms with Crippen LogP contribution in [0.4, 0.5) is 34.3 Å². The number of carboxylic acid groups (broad SMARTS) is 3. The number of non-ortho nitro benzene ring substituents is 1. The van der Waals surface area contributed by atoms with Crippen molar-refractivity contribution >= 4 is 215 Å². The second kappa shape index (κ2) is 34.8. The highest BCUT2D eigenvalue weighted by Crippen LogP contribution is 2.48. The number of benzene rings is 1. The van der Waals surface area contributed by atoms with Crippen LogP contribution in [-0.4, -0.2) is 222 Å². The van der Waals surface area contributed by atoms with Crippen LogP contribution in [0, 0.1) is 10.1 Å². The lowest BCUT2D eigenvalue weighted by atomic mass is 9.86. The summed E-state index contributed by atoms with van der Waals surface area (Å²) in [6.45, 7) is -3.58. The number of β-lactam (4-membered cyclic amide) rings is 3. The third-order valence-electron chi connectivity index (χ3n) is 16.3. The molecule has 0 saturated carbocycles. The van der Waals surface area contributed by atoms with Crippen LogP contribution in [0.3, 0.4) is 0 Å². The van der Waals surface area contributed by atoms with E-state index in [1.807, 2.05) is 6.07 Å². The number of hydrogen-bond acceptors (Lipinski definition) is 37. The average molecular weight is 1680 g/mol. The van der Waals surface area contributed by atoms with Gasteiger partial charge in [-0.1, -0.05) is 62.1 Å². The van der Waals surface area contributed by atoms with Gasteiger partial charge in [0.05, 0.1) is 44.2 Å². The molecule has 38 nitrogen and oxygen atoms in total. The standard InChI is InChI=1S/C22H18FN7O7S3.C21H18FN7O5S3.C17H16FN7O5S3/c23-5-6-37-28-15(11-8-38-21(24)25-11)18(31)27-16-12-3-4-13(17(20(33)34)29(12)19(16)32)39-22-26-10-2-1-9(30(35)36)7-14(10)40-22;22-4-6-34-28-14(10-8-35-20(23)25-10)17(30)27-15-11-1-2-13(16(19(32)33)29(11)18(15)31)37-21-26-9-7-24-5-3-12(9)36-21;18-3-4-30-24-10(7-5-31-16(19)21-7)13(26)22-11-8-1-2-9(33-17-23-20-6-32-17)12(15(28)29)25(8)14(11)27/h1-2,7-8,12,16H,3-6H2,(H2,24,25)(H,27,31)(H,33,34);3,5,7-8,11,15H,1-2,4,6H2,(H2,23,25)(H,27,30)(H,32,33);5-6,8,11H,1-4H2,(H2,19,21)(H,22,26)(H,28,29)/b28-15-;28-14-;24-10-/t12?,16-;11?,15-;8?,11-/m000/s1. The SMILES string of the molecule is Nc1nc(/C(=N/OCCF)C(=O)N[C@@H]2C(=O)N3C(C(=O)O)=C(Sc4nc5ccc([N+](=O)[O-])cc5s4)CCC23)cs1.Nc1nc(/C(=N/OCCF)C(=O)N[C@@H]2C(=O)N3C(C(=O)O)=C(Sc4nc5cnccc5s4)CCC23)cs1.Nc1nc(/C(=N/OCCF)C(=O)N[C@@H]2C(=O)N3C(C(=O)O)=C(Sc4nncs4)CCC23)cs1. The number of allylic oxidation sites excluding steroid dienone is 3. The highest BCUT2D eigenvalue weighted by Gasteiger charge is 2.57. The maximum Gasteiger partial charge on any atom is 0.353 e. The fourth-order valence-electron chi connectivity index (χ4n) is 11.6. The van der Waals surface area contributed by atoms with E-state index in [1.54, 1.807) is 12.4 Å². The molecule has 6 amide bonds. The number of thioether (sulfide) groups is 3. The van der Waals surface area contributed by atoms with Crippen molar-refractivity contribution in [2.24, 2.45) is 15.5 Å². The third-order valence-corrected chi connectivity index (χ3v) is 24.7. The van der Waals surface area contributed by atoms with Crippen LogP contribution < -0.4 is 33.2 Å². The van der Waals surface area contributed by atoms with Gasteiger partial charge in [0.1, 0.15) is 103 Å². The van der Waals surface area contributed by atoms with Crippen molar-refractivity contribution in [3.8, 4) is 0 Å². The minimum absolute atomic E-state index is 0.0807. The summed E-state index contributed by atoms with van der Waals surface area (Å²) in [6, 6.07) is 1.40. The molecule has 0 spiro atoms. The molecular formula is C60H52F3N21O17S9. The molecule has 50 heteroatoms. The Morgan fingerprint density at radius 2 is 0.955 bits per heavy atom. The molecule has 13 heterocycles. The van der Waals surface area contributed by atoms with Crippen molar-refractivity contribution in [3.63, 3.8) is 0 Å². The molecule has 0 aliphatic carbocycles. The second-order valence-corrected chi connectivity index (χ2v) is 32.4. The van der Waals surface area contributed by atoms with E-state index in [-0.39, 0.29) is 92.0 Å². The molecule has 6 atom stereocenters. The van der Waals surface area contributed by atoms with Crippen LogP contribution in [0.5, 0.6) is 0 Å². The van der Waals surface area contributed by atoms with Crippen LogP contribution in [0.25, 0.3) is 20.4 Å².